The number of nitrogens with zero attached hydrogens (tertiary/aromatic N) is 1. The van der Waals surface area contributed by atoms with Crippen molar-refractivity contribution in [2.75, 3.05) is 13.6 Å². The molecule has 1 atom stereocenters. The Hall–Kier alpha value is -0.0800. The number of hydrogen-bond acceptors (Lipinski definition) is 2. The number of rotatable bonds is 7. The quantitative estimate of drug-likeness (QED) is 0.679. The van der Waals surface area contributed by atoms with E-state index in [2.05, 4.69) is 51.9 Å². The molecule has 2 nitrogen and oxygen atoms in total. The minimum Gasteiger partial charge on any atom is -0.312 e. The van der Waals surface area contributed by atoms with Gasteiger partial charge in [-0.3, -0.25) is 0 Å². The van der Waals surface area contributed by atoms with Crippen molar-refractivity contribution in [1.82, 2.24) is 10.2 Å². The van der Waals surface area contributed by atoms with E-state index in [4.69, 9.17) is 0 Å². The first-order valence-electron chi connectivity index (χ1n) is 5.98. The first-order valence-corrected chi connectivity index (χ1v) is 5.98. The molecule has 0 aromatic rings. The number of hydrogen-bond donors (Lipinski definition) is 1. The molecule has 86 valence electrons. The van der Waals surface area contributed by atoms with Crippen LogP contribution in [0.4, 0.5) is 0 Å². The third-order valence-electron chi connectivity index (χ3n) is 3.20. The molecule has 0 radical (unpaired) electrons. The van der Waals surface area contributed by atoms with Crippen LogP contribution in [0.15, 0.2) is 0 Å². The van der Waals surface area contributed by atoms with Crippen molar-refractivity contribution in [3.05, 3.63) is 0 Å². The summed E-state index contributed by atoms with van der Waals surface area (Å²) in [5, 5.41) is 3.61. The van der Waals surface area contributed by atoms with E-state index in [1.165, 1.54) is 12.8 Å². The average Bonchev–Trinajstić information content (AvgIpc) is 2.17. The Morgan fingerprint density at radius 3 is 1.93 bits per heavy atom. The monoisotopic (exact) mass is 200 g/mol. The zero-order valence-corrected chi connectivity index (χ0v) is 10.8. The van der Waals surface area contributed by atoms with E-state index in [1.807, 2.05) is 0 Å². The van der Waals surface area contributed by atoms with Crippen LogP contribution < -0.4 is 5.32 Å². The molecule has 0 spiro atoms. The second-order valence-corrected chi connectivity index (χ2v) is 4.53. The van der Waals surface area contributed by atoms with Gasteiger partial charge in [0.2, 0.25) is 0 Å². The highest BCUT2D eigenvalue weighted by molar-refractivity contribution is 4.72. The largest absolute Gasteiger partial charge is 0.312 e. The lowest BCUT2D eigenvalue weighted by Crippen LogP contribution is -2.44. The predicted molar refractivity (Wildman–Crippen MR) is 64.7 cm³/mol. The van der Waals surface area contributed by atoms with Gasteiger partial charge in [-0.05, 0) is 40.7 Å². The van der Waals surface area contributed by atoms with Crippen molar-refractivity contribution < 1.29 is 0 Å². The third-order valence-corrected chi connectivity index (χ3v) is 3.20. The zero-order valence-electron chi connectivity index (χ0n) is 10.8. The molecule has 2 heteroatoms. The Bertz CT molecular complexity index is 130. The van der Waals surface area contributed by atoms with E-state index in [0.717, 1.165) is 6.54 Å². The first-order chi connectivity index (χ1) is 6.52. The summed E-state index contributed by atoms with van der Waals surface area (Å²) in [5.74, 6) is 0. The number of likely N-dealkylation sites (N-methyl/N-ethyl adjacent to an activating group) is 1. The van der Waals surface area contributed by atoms with E-state index in [9.17, 15) is 0 Å². The standard InChI is InChI=1S/C12H28N2/c1-7-12(8-2)13-9-11(5)14(6)10(3)4/h10-13H,7-9H2,1-6H3. The van der Waals surface area contributed by atoms with E-state index >= 15 is 0 Å². The summed E-state index contributed by atoms with van der Waals surface area (Å²) >= 11 is 0. The Balaban J connectivity index is 3.77. The molecular formula is C12H28N2. The summed E-state index contributed by atoms with van der Waals surface area (Å²) in [6.45, 7) is 12.4. The molecule has 0 aliphatic heterocycles. The maximum Gasteiger partial charge on any atom is 0.0192 e. The molecule has 0 aromatic heterocycles. The van der Waals surface area contributed by atoms with Crippen LogP contribution in [-0.4, -0.2) is 36.6 Å². The molecule has 0 fully saturated rings. The van der Waals surface area contributed by atoms with Gasteiger partial charge in [0, 0.05) is 24.7 Å². The van der Waals surface area contributed by atoms with Gasteiger partial charge in [-0.15, -0.1) is 0 Å². The van der Waals surface area contributed by atoms with Crippen molar-refractivity contribution in [3.8, 4) is 0 Å². The molecule has 1 N–H and O–H groups in total. The molecule has 0 heterocycles. The van der Waals surface area contributed by atoms with Gasteiger partial charge < -0.3 is 10.2 Å². The summed E-state index contributed by atoms with van der Waals surface area (Å²) < 4.78 is 0. The maximum absolute atomic E-state index is 3.61. The van der Waals surface area contributed by atoms with E-state index < -0.39 is 0 Å². The fourth-order valence-electron chi connectivity index (χ4n) is 1.57. The highest BCUT2D eigenvalue weighted by atomic mass is 15.2. The van der Waals surface area contributed by atoms with Crippen LogP contribution in [0.25, 0.3) is 0 Å². The van der Waals surface area contributed by atoms with Gasteiger partial charge in [0.1, 0.15) is 0 Å². The molecule has 1 unspecified atom stereocenters. The van der Waals surface area contributed by atoms with Crippen LogP contribution in [-0.2, 0) is 0 Å². The first kappa shape index (κ1) is 13.9. The molecule has 0 aliphatic rings. The zero-order chi connectivity index (χ0) is 11.1. The average molecular weight is 200 g/mol. The van der Waals surface area contributed by atoms with Crippen LogP contribution in [0.3, 0.4) is 0 Å². The smallest absolute Gasteiger partial charge is 0.0192 e. The lowest BCUT2D eigenvalue weighted by Gasteiger charge is -2.30. The van der Waals surface area contributed by atoms with Crippen molar-refractivity contribution in [3.63, 3.8) is 0 Å². The minimum absolute atomic E-state index is 0.621. The van der Waals surface area contributed by atoms with Crippen molar-refractivity contribution in [2.45, 2.75) is 65.6 Å². The van der Waals surface area contributed by atoms with Crippen LogP contribution in [0.2, 0.25) is 0 Å². The highest BCUT2D eigenvalue weighted by Crippen LogP contribution is 2.02. The van der Waals surface area contributed by atoms with Crippen LogP contribution in [0.5, 0.6) is 0 Å². The molecule has 0 saturated carbocycles. The van der Waals surface area contributed by atoms with E-state index in [0.29, 0.717) is 18.1 Å². The second kappa shape index (κ2) is 7.24. The second-order valence-electron chi connectivity index (χ2n) is 4.53. The molecule has 0 saturated heterocycles. The van der Waals surface area contributed by atoms with Gasteiger partial charge in [-0.2, -0.15) is 0 Å². The minimum atomic E-state index is 0.621. The SMILES string of the molecule is CCC(CC)NCC(C)N(C)C(C)C. The molecule has 0 aliphatic carbocycles. The van der Waals surface area contributed by atoms with Crippen LogP contribution >= 0.6 is 0 Å². The highest BCUT2D eigenvalue weighted by Gasteiger charge is 2.12. The van der Waals surface area contributed by atoms with Crippen molar-refractivity contribution in [2.24, 2.45) is 0 Å². The summed E-state index contributed by atoms with van der Waals surface area (Å²) in [6.07, 6.45) is 2.46. The summed E-state index contributed by atoms with van der Waals surface area (Å²) in [7, 11) is 2.20. The van der Waals surface area contributed by atoms with Crippen molar-refractivity contribution >= 4 is 0 Å². The summed E-state index contributed by atoms with van der Waals surface area (Å²) in [6, 6.07) is 1.95. The maximum atomic E-state index is 3.61. The Morgan fingerprint density at radius 1 is 1.07 bits per heavy atom. The molecule has 0 aromatic carbocycles. The normalized spacial score (nSPS) is 14.4. The van der Waals surface area contributed by atoms with Gasteiger partial charge in [0.25, 0.3) is 0 Å². The molecule has 0 rings (SSSR count). The Kier molecular flexibility index (Phi) is 7.20. The molecular weight excluding hydrogens is 172 g/mol. The van der Waals surface area contributed by atoms with E-state index in [-0.39, 0.29) is 0 Å². The lowest BCUT2D eigenvalue weighted by molar-refractivity contribution is 0.199. The third kappa shape index (κ3) is 4.97. The fraction of sp³-hybridized carbons (Fsp3) is 1.00. The molecule has 14 heavy (non-hydrogen) atoms. The van der Waals surface area contributed by atoms with Crippen LogP contribution in [0, 0.1) is 0 Å². The van der Waals surface area contributed by atoms with E-state index in [1.54, 1.807) is 0 Å². The Labute approximate surface area is 90.1 Å². The lowest BCUT2D eigenvalue weighted by atomic mass is 10.1. The van der Waals surface area contributed by atoms with Gasteiger partial charge in [0.05, 0.1) is 0 Å². The number of nitrogens with one attached hydrogen (secondary N) is 1. The Morgan fingerprint density at radius 2 is 1.57 bits per heavy atom. The van der Waals surface area contributed by atoms with Gasteiger partial charge in [-0.25, -0.2) is 0 Å². The predicted octanol–water partition coefficient (Wildman–Crippen LogP) is 2.49. The molecule has 0 bridgehead atoms. The van der Waals surface area contributed by atoms with Gasteiger partial charge in [0.15, 0.2) is 0 Å². The van der Waals surface area contributed by atoms with Crippen LogP contribution in [0.1, 0.15) is 47.5 Å². The molecule has 0 amide bonds. The fourth-order valence-corrected chi connectivity index (χ4v) is 1.57. The topological polar surface area (TPSA) is 15.3 Å². The van der Waals surface area contributed by atoms with Gasteiger partial charge >= 0.3 is 0 Å². The van der Waals surface area contributed by atoms with Gasteiger partial charge in [-0.1, -0.05) is 13.8 Å². The summed E-state index contributed by atoms with van der Waals surface area (Å²) in [5.41, 5.74) is 0. The summed E-state index contributed by atoms with van der Waals surface area (Å²) in [4.78, 5) is 2.41. The van der Waals surface area contributed by atoms with Crippen molar-refractivity contribution in [1.29, 1.82) is 0 Å².